The molecule has 4 nitrogen and oxygen atoms in total. The number of nitrogens with zero attached hydrogens (tertiary/aromatic N) is 4. The van der Waals surface area contributed by atoms with Gasteiger partial charge in [-0.05, 0) is 18.0 Å². The predicted octanol–water partition coefficient (Wildman–Crippen LogP) is 0.318. The predicted molar refractivity (Wildman–Crippen MR) is 28.3 cm³/mol. The number of rotatable bonds is 0. The summed E-state index contributed by atoms with van der Waals surface area (Å²) in [4.78, 5) is 0. The molecule has 0 aliphatic carbocycles. The summed E-state index contributed by atoms with van der Waals surface area (Å²) in [5.74, 6) is 0. The summed E-state index contributed by atoms with van der Waals surface area (Å²) >= 11 is 3.88. The van der Waals surface area contributed by atoms with Crippen LogP contribution in [0.15, 0.2) is 10.4 Å². The van der Waals surface area contributed by atoms with E-state index in [0.29, 0.717) is 6.67 Å². The quantitative estimate of drug-likeness (QED) is 0.464. The van der Waals surface area contributed by atoms with Crippen LogP contribution in [0.1, 0.15) is 0 Å². The SMILES string of the molecule is CN1CN(S)N=N1. The molecule has 0 aromatic rings. The maximum absolute atomic E-state index is 3.88. The van der Waals surface area contributed by atoms with Gasteiger partial charge in [0.25, 0.3) is 0 Å². The first-order chi connectivity index (χ1) is 3.29. The molecule has 0 saturated heterocycles. The average molecular weight is 118 g/mol. The van der Waals surface area contributed by atoms with Crippen LogP contribution in [0.2, 0.25) is 0 Å². The van der Waals surface area contributed by atoms with E-state index >= 15 is 0 Å². The van der Waals surface area contributed by atoms with E-state index < -0.39 is 0 Å². The zero-order valence-corrected chi connectivity index (χ0v) is 4.84. The van der Waals surface area contributed by atoms with Gasteiger partial charge in [0.15, 0.2) is 0 Å². The van der Waals surface area contributed by atoms with E-state index in [1.807, 2.05) is 7.05 Å². The Hall–Kier alpha value is -0.450. The van der Waals surface area contributed by atoms with Crippen molar-refractivity contribution < 1.29 is 0 Å². The van der Waals surface area contributed by atoms with Gasteiger partial charge in [-0.25, -0.2) is 4.41 Å². The van der Waals surface area contributed by atoms with Gasteiger partial charge in [0.05, 0.1) is 0 Å². The van der Waals surface area contributed by atoms with Gasteiger partial charge in [-0.1, -0.05) is 5.22 Å². The Bertz CT molecular complexity index is 81.7. The first-order valence-electron chi connectivity index (χ1n) is 1.88. The molecule has 0 saturated carbocycles. The molecule has 5 heteroatoms. The fraction of sp³-hybridized carbons (Fsp3) is 1.00. The number of hydrogen-bond acceptors (Lipinski definition) is 5. The highest BCUT2D eigenvalue weighted by molar-refractivity contribution is 7.77. The van der Waals surface area contributed by atoms with Crippen LogP contribution in [0.5, 0.6) is 0 Å². The van der Waals surface area contributed by atoms with Crippen LogP contribution in [0.4, 0.5) is 0 Å². The third-order valence-electron chi connectivity index (χ3n) is 0.627. The van der Waals surface area contributed by atoms with E-state index in [-0.39, 0.29) is 0 Å². The molecule has 0 radical (unpaired) electrons. The van der Waals surface area contributed by atoms with E-state index in [4.69, 9.17) is 0 Å². The fourth-order valence-electron chi connectivity index (χ4n) is 0.354. The van der Waals surface area contributed by atoms with Crippen molar-refractivity contribution in [3.05, 3.63) is 0 Å². The van der Waals surface area contributed by atoms with Gasteiger partial charge in [-0.3, -0.25) is 5.01 Å². The molecule has 0 spiro atoms. The summed E-state index contributed by atoms with van der Waals surface area (Å²) in [6, 6.07) is 0. The molecule has 0 atom stereocenters. The third kappa shape index (κ3) is 0.957. The van der Waals surface area contributed by atoms with Crippen LogP contribution in [0.3, 0.4) is 0 Å². The molecular weight excluding hydrogens is 112 g/mol. The van der Waals surface area contributed by atoms with Gasteiger partial charge in [0.1, 0.15) is 6.67 Å². The maximum Gasteiger partial charge on any atom is 0.138 e. The normalized spacial score (nSPS) is 19.1. The van der Waals surface area contributed by atoms with Crippen LogP contribution in [0, 0.1) is 0 Å². The van der Waals surface area contributed by atoms with E-state index in [0.717, 1.165) is 0 Å². The second-order valence-electron chi connectivity index (χ2n) is 1.35. The zero-order chi connectivity index (χ0) is 5.28. The highest BCUT2D eigenvalue weighted by Gasteiger charge is 2.04. The van der Waals surface area contributed by atoms with Gasteiger partial charge < -0.3 is 0 Å². The molecule has 1 aliphatic rings. The molecule has 0 bridgehead atoms. The first-order valence-corrected chi connectivity index (χ1v) is 2.28. The third-order valence-corrected chi connectivity index (χ3v) is 0.834. The van der Waals surface area contributed by atoms with Gasteiger partial charge in [-0.15, -0.1) is 0 Å². The van der Waals surface area contributed by atoms with Crippen LogP contribution in [-0.2, 0) is 0 Å². The van der Waals surface area contributed by atoms with Crippen LogP contribution in [0.25, 0.3) is 0 Å². The Morgan fingerprint density at radius 1 is 1.57 bits per heavy atom. The molecule has 0 fully saturated rings. The van der Waals surface area contributed by atoms with Crippen molar-refractivity contribution in [1.29, 1.82) is 0 Å². The van der Waals surface area contributed by atoms with Crippen molar-refractivity contribution in [2.45, 2.75) is 0 Å². The summed E-state index contributed by atoms with van der Waals surface area (Å²) in [6.45, 7) is 0.670. The summed E-state index contributed by atoms with van der Waals surface area (Å²) in [5, 5.41) is 8.88. The van der Waals surface area contributed by atoms with Crippen molar-refractivity contribution >= 4 is 12.8 Å². The van der Waals surface area contributed by atoms with E-state index in [1.54, 1.807) is 5.01 Å². The molecule has 0 aromatic heterocycles. The molecule has 1 aliphatic heterocycles. The molecule has 0 N–H and O–H groups in total. The van der Waals surface area contributed by atoms with Gasteiger partial charge in [-0.2, -0.15) is 0 Å². The Kier molecular flexibility index (Phi) is 1.06. The van der Waals surface area contributed by atoms with Crippen molar-refractivity contribution in [2.24, 2.45) is 10.4 Å². The lowest BCUT2D eigenvalue weighted by atomic mass is 11.0. The monoisotopic (exact) mass is 118 g/mol. The standard InChI is InChI=1S/C2H6N4S/c1-5-2-6(7)4-3-5/h7H,2H2,1H3. The zero-order valence-electron chi connectivity index (χ0n) is 3.94. The van der Waals surface area contributed by atoms with Gasteiger partial charge in [0.2, 0.25) is 0 Å². The Balaban J connectivity index is 2.42. The lowest BCUT2D eigenvalue weighted by molar-refractivity contribution is 0.340. The topological polar surface area (TPSA) is 31.2 Å². The van der Waals surface area contributed by atoms with E-state index in [9.17, 15) is 0 Å². The van der Waals surface area contributed by atoms with Crippen LogP contribution < -0.4 is 0 Å². The molecule has 1 rings (SSSR count). The minimum absolute atomic E-state index is 0.670. The lowest BCUT2D eigenvalue weighted by Crippen LogP contribution is -2.13. The maximum atomic E-state index is 3.88. The van der Waals surface area contributed by atoms with Crippen molar-refractivity contribution in [3.63, 3.8) is 0 Å². The summed E-state index contributed by atoms with van der Waals surface area (Å²) in [7, 11) is 1.83. The average Bonchev–Trinajstić information content (AvgIpc) is 1.87. The largest absolute Gasteiger partial charge is 0.258 e. The second-order valence-corrected chi connectivity index (χ2v) is 1.81. The number of thiol groups is 1. The molecular formula is C2H6N4S. The van der Waals surface area contributed by atoms with Gasteiger partial charge in [0, 0.05) is 7.05 Å². The molecule has 0 amide bonds. The highest BCUT2D eigenvalue weighted by Crippen LogP contribution is 2.04. The fourth-order valence-corrected chi connectivity index (χ4v) is 0.573. The van der Waals surface area contributed by atoms with E-state index in [2.05, 4.69) is 23.3 Å². The minimum atomic E-state index is 0.670. The Morgan fingerprint density at radius 3 is 2.43 bits per heavy atom. The van der Waals surface area contributed by atoms with Gasteiger partial charge >= 0.3 is 0 Å². The Morgan fingerprint density at radius 2 is 2.29 bits per heavy atom. The summed E-state index contributed by atoms with van der Waals surface area (Å²) in [5.41, 5.74) is 0. The molecule has 0 aromatic carbocycles. The van der Waals surface area contributed by atoms with E-state index in [1.165, 1.54) is 4.41 Å². The van der Waals surface area contributed by atoms with Crippen molar-refractivity contribution in [1.82, 2.24) is 9.42 Å². The smallest absolute Gasteiger partial charge is 0.138 e. The lowest BCUT2D eigenvalue weighted by Gasteiger charge is -2.02. The van der Waals surface area contributed by atoms with Crippen molar-refractivity contribution in [3.8, 4) is 0 Å². The second kappa shape index (κ2) is 1.57. The number of hydrogen-bond donors (Lipinski definition) is 1. The minimum Gasteiger partial charge on any atom is -0.258 e. The summed E-state index contributed by atoms with van der Waals surface area (Å²) < 4.78 is 1.46. The molecule has 1 heterocycles. The molecule has 40 valence electrons. The highest BCUT2D eigenvalue weighted by atomic mass is 32.1. The van der Waals surface area contributed by atoms with Crippen LogP contribution in [-0.4, -0.2) is 23.1 Å². The summed E-state index contributed by atoms with van der Waals surface area (Å²) in [6.07, 6.45) is 0. The first kappa shape index (κ1) is 4.70. The van der Waals surface area contributed by atoms with Crippen LogP contribution >= 0.6 is 12.8 Å². The molecule has 0 unspecified atom stereocenters. The Labute approximate surface area is 47.3 Å². The molecule has 7 heavy (non-hydrogen) atoms. The van der Waals surface area contributed by atoms with Crippen molar-refractivity contribution in [2.75, 3.05) is 13.7 Å².